The van der Waals surface area contributed by atoms with Gasteiger partial charge >= 0.3 is 0 Å². The molecule has 0 spiro atoms. The van der Waals surface area contributed by atoms with E-state index in [0.717, 1.165) is 25.7 Å². The third-order valence-electron chi connectivity index (χ3n) is 4.16. The van der Waals surface area contributed by atoms with Gasteiger partial charge in [-0.05, 0) is 55.9 Å². The summed E-state index contributed by atoms with van der Waals surface area (Å²) in [6, 6.07) is 4.61. The zero-order valence-electron chi connectivity index (χ0n) is 10.5. The van der Waals surface area contributed by atoms with E-state index in [1.54, 1.807) is 0 Å². The summed E-state index contributed by atoms with van der Waals surface area (Å²) in [5.74, 6) is 0.846. The average molecular weight is 226 g/mol. The van der Waals surface area contributed by atoms with E-state index < -0.39 is 0 Å². The molecule has 88 valence electrons. The van der Waals surface area contributed by atoms with Gasteiger partial charge in [0.25, 0.3) is 0 Å². The van der Waals surface area contributed by atoms with Crippen molar-refractivity contribution in [3.8, 4) is 0 Å². The van der Waals surface area contributed by atoms with Crippen LogP contribution in [0.5, 0.6) is 0 Å². The van der Waals surface area contributed by atoms with Gasteiger partial charge in [-0.1, -0.05) is 23.3 Å². The average Bonchev–Trinajstić information content (AvgIpc) is 2.27. The SMILES string of the molecule is Cc1cc(C)c2c(c1)C1CCC(=O)C=C1CC2. The van der Waals surface area contributed by atoms with Gasteiger partial charge in [-0.15, -0.1) is 0 Å². The monoisotopic (exact) mass is 226 g/mol. The Labute approximate surface area is 103 Å². The molecule has 1 heteroatoms. The lowest BCUT2D eigenvalue weighted by atomic mass is 9.72. The molecule has 0 radical (unpaired) electrons. The number of rotatable bonds is 0. The van der Waals surface area contributed by atoms with Crippen LogP contribution in [-0.2, 0) is 11.2 Å². The summed E-state index contributed by atoms with van der Waals surface area (Å²) < 4.78 is 0. The minimum atomic E-state index is 0.323. The lowest BCUT2D eigenvalue weighted by Crippen LogP contribution is -2.19. The zero-order chi connectivity index (χ0) is 12.0. The second-order valence-corrected chi connectivity index (χ2v) is 5.43. The van der Waals surface area contributed by atoms with E-state index in [-0.39, 0.29) is 0 Å². The quantitative estimate of drug-likeness (QED) is 0.660. The number of allylic oxidation sites excluding steroid dienone is 2. The third-order valence-corrected chi connectivity index (χ3v) is 4.16. The Hall–Kier alpha value is -1.37. The van der Waals surface area contributed by atoms with Gasteiger partial charge in [0, 0.05) is 12.3 Å². The molecule has 0 heterocycles. The van der Waals surface area contributed by atoms with E-state index in [0.29, 0.717) is 11.7 Å². The standard InChI is InChI=1S/C16H18O/c1-10-7-11(2)14-5-3-12-9-13(17)4-6-15(12)16(14)8-10/h7-9,15H,3-6H2,1-2H3. The zero-order valence-corrected chi connectivity index (χ0v) is 10.5. The molecule has 17 heavy (non-hydrogen) atoms. The van der Waals surface area contributed by atoms with Crippen molar-refractivity contribution in [1.29, 1.82) is 0 Å². The fourth-order valence-electron chi connectivity index (χ4n) is 3.41. The van der Waals surface area contributed by atoms with Gasteiger partial charge in [-0.2, -0.15) is 0 Å². The Morgan fingerprint density at radius 1 is 1.12 bits per heavy atom. The number of benzene rings is 1. The van der Waals surface area contributed by atoms with Crippen LogP contribution >= 0.6 is 0 Å². The van der Waals surface area contributed by atoms with Crippen molar-refractivity contribution in [2.75, 3.05) is 0 Å². The molecule has 1 atom stereocenters. The first-order valence-corrected chi connectivity index (χ1v) is 6.48. The van der Waals surface area contributed by atoms with Crippen molar-refractivity contribution in [1.82, 2.24) is 0 Å². The molecule has 1 nitrogen and oxygen atoms in total. The first-order valence-electron chi connectivity index (χ1n) is 6.48. The number of carbonyl (C=O) groups is 1. The Bertz CT molecular complexity index is 523. The highest BCUT2D eigenvalue weighted by atomic mass is 16.1. The number of hydrogen-bond acceptors (Lipinski definition) is 1. The first kappa shape index (κ1) is 10.8. The van der Waals surface area contributed by atoms with E-state index in [4.69, 9.17) is 0 Å². The fraction of sp³-hybridized carbons (Fsp3) is 0.438. The number of hydrogen-bond donors (Lipinski definition) is 0. The van der Waals surface area contributed by atoms with Crippen LogP contribution in [-0.4, -0.2) is 5.78 Å². The smallest absolute Gasteiger partial charge is 0.155 e. The van der Waals surface area contributed by atoms with Crippen LogP contribution < -0.4 is 0 Å². The molecular weight excluding hydrogens is 208 g/mol. The maximum Gasteiger partial charge on any atom is 0.155 e. The molecule has 1 aromatic rings. The number of aryl methyl sites for hydroxylation is 2. The maximum atomic E-state index is 11.5. The lowest BCUT2D eigenvalue weighted by molar-refractivity contribution is -0.115. The molecule has 0 bridgehead atoms. The van der Waals surface area contributed by atoms with E-state index in [2.05, 4.69) is 26.0 Å². The molecular formula is C16H18O. The molecule has 0 saturated carbocycles. The van der Waals surface area contributed by atoms with Gasteiger partial charge in [-0.25, -0.2) is 0 Å². The maximum absolute atomic E-state index is 11.5. The van der Waals surface area contributed by atoms with Gasteiger partial charge in [0.2, 0.25) is 0 Å². The predicted molar refractivity (Wildman–Crippen MR) is 69.3 cm³/mol. The first-order chi connectivity index (χ1) is 8.15. The summed E-state index contributed by atoms with van der Waals surface area (Å²) in [5.41, 5.74) is 7.17. The highest BCUT2D eigenvalue weighted by Gasteiger charge is 2.29. The van der Waals surface area contributed by atoms with Crippen LogP contribution in [0.25, 0.3) is 0 Å². The van der Waals surface area contributed by atoms with E-state index >= 15 is 0 Å². The Kier molecular flexibility index (Phi) is 2.43. The Morgan fingerprint density at radius 2 is 1.94 bits per heavy atom. The van der Waals surface area contributed by atoms with Crippen molar-refractivity contribution < 1.29 is 4.79 Å². The normalized spacial score (nSPS) is 22.8. The van der Waals surface area contributed by atoms with E-state index in [1.165, 1.54) is 27.8 Å². The summed E-state index contributed by atoms with van der Waals surface area (Å²) >= 11 is 0. The van der Waals surface area contributed by atoms with Crippen LogP contribution in [0, 0.1) is 13.8 Å². The van der Waals surface area contributed by atoms with Crippen LogP contribution in [0.2, 0.25) is 0 Å². The Morgan fingerprint density at radius 3 is 2.76 bits per heavy atom. The molecule has 2 aliphatic rings. The van der Waals surface area contributed by atoms with Crippen molar-refractivity contribution in [2.45, 2.75) is 45.4 Å². The van der Waals surface area contributed by atoms with Gasteiger partial charge in [0.05, 0.1) is 0 Å². The Balaban J connectivity index is 2.14. The molecule has 1 unspecified atom stereocenters. The summed E-state index contributed by atoms with van der Waals surface area (Å²) in [4.78, 5) is 11.5. The molecule has 0 N–H and O–H groups in total. The van der Waals surface area contributed by atoms with E-state index in [1.807, 2.05) is 6.08 Å². The predicted octanol–water partition coefficient (Wildman–Crippen LogP) is 3.62. The van der Waals surface area contributed by atoms with Crippen molar-refractivity contribution >= 4 is 5.78 Å². The van der Waals surface area contributed by atoms with Crippen LogP contribution in [0.1, 0.15) is 47.4 Å². The molecule has 1 aromatic carbocycles. The van der Waals surface area contributed by atoms with Crippen molar-refractivity contribution in [2.24, 2.45) is 0 Å². The van der Waals surface area contributed by atoms with Gasteiger partial charge in [-0.3, -0.25) is 4.79 Å². The highest BCUT2D eigenvalue weighted by Crippen LogP contribution is 2.42. The fourth-order valence-corrected chi connectivity index (χ4v) is 3.41. The van der Waals surface area contributed by atoms with Crippen molar-refractivity contribution in [3.63, 3.8) is 0 Å². The van der Waals surface area contributed by atoms with E-state index in [9.17, 15) is 4.79 Å². The third kappa shape index (κ3) is 1.74. The number of fused-ring (bicyclic) bond motifs is 3. The molecule has 0 saturated heterocycles. The second-order valence-electron chi connectivity index (χ2n) is 5.43. The summed E-state index contributed by atoms with van der Waals surface area (Å²) in [5, 5.41) is 0. The minimum Gasteiger partial charge on any atom is -0.295 e. The van der Waals surface area contributed by atoms with Gasteiger partial charge < -0.3 is 0 Å². The van der Waals surface area contributed by atoms with Gasteiger partial charge in [0.15, 0.2) is 5.78 Å². The molecule has 3 rings (SSSR count). The lowest BCUT2D eigenvalue weighted by Gasteiger charge is -2.32. The minimum absolute atomic E-state index is 0.323. The number of carbonyl (C=O) groups excluding carboxylic acids is 1. The summed E-state index contributed by atoms with van der Waals surface area (Å²) in [7, 11) is 0. The molecule has 0 aliphatic heterocycles. The van der Waals surface area contributed by atoms with Crippen LogP contribution in [0.4, 0.5) is 0 Å². The van der Waals surface area contributed by atoms with Crippen molar-refractivity contribution in [3.05, 3.63) is 46.0 Å². The van der Waals surface area contributed by atoms with Gasteiger partial charge in [0.1, 0.15) is 0 Å². The second kappa shape index (κ2) is 3.83. The molecule has 0 fully saturated rings. The summed E-state index contributed by atoms with van der Waals surface area (Å²) in [6.07, 6.45) is 5.83. The number of ketones is 1. The molecule has 0 aromatic heterocycles. The summed E-state index contributed by atoms with van der Waals surface area (Å²) in [6.45, 7) is 4.38. The highest BCUT2D eigenvalue weighted by molar-refractivity contribution is 5.91. The van der Waals surface area contributed by atoms with Crippen LogP contribution in [0.15, 0.2) is 23.8 Å². The molecule has 0 amide bonds. The largest absolute Gasteiger partial charge is 0.295 e. The molecule has 2 aliphatic carbocycles. The topological polar surface area (TPSA) is 17.1 Å². The van der Waals surface area contributed by atoms with Crippen LogP contribution in [0.3, 0.4) is 0 Å².